The van der Waals surface area contributed by atoms with Gasteiger partial charge in [-0.3, -0.25) is 4.79 Å². The van der Waals surface area contributed by atoms with Crippen molar-refractivity contribution in [3.63, 3.8) is 0 Å². The molecule has 0 aromatic carbocycles. The number of hydrogen-bond donors (Lipinski definition) is 0. The van der Waals surface area contributed by atoms with E-state index in [9.17, 15) is 4.79 Å². The van der Waals surface area contributed by atoms with Crippen molar-refractivity contribution < 1.29 is 9.53 Å². The molecule has 0 saturated carbocycles. The molecular weight excluding hydrogens is 190 g/mol. The Bertz CT molecular complexity index is 273. The first-order valence-corrected chi connectivity index (χ1v) is 5.13. The molecule has 1 aliphatic heterocycles. The van der Waals surface area contributed by atoms with Crippen LogP contribution in [0.1, 0.15) is 6.92 Å². The van der Waals surface area contributed by atoms with E-state index in [1.54, 1.807) is 12.2 Å². The molecule has 3 nitrogen and oxygen atoms in total. The standard InChI is InChI=1S/C12H17NO2/c1-12(14)6-4-2-3-5-7-13-8-10-15-11-9-13/h2-7H,8-11H2,1H3/b3-2+,6-4+,7-5+. The van der Waals surface area contributed by atoms with Gasteiger partial charge in [-0.2, -0.15) is 0 Å². The number of carbonyl (C=O) groups is 1. The third kappa shape index (κ3) is 5.86. The molecule has 0 aromatic rings. The molecule has 1 heterocycles. The maximum Gasteiger partial charge on any atom is 0.152 e. The van der Waals surface area contributed by atoms with Crippen LogP contribution in [0.3, 0.4) is 0 Å². The molecule has 0 amide bonds. The molecule has 0 unspecified atom stereocenters. The molecule has 1 fully saturated rings. The van der Waals surface area contributed by atoms with Crippen LogP contribution in [0.2, 0.25) is 0 Å². The monoisotopic (exact) mass is 207 g/mol. The lowest BCUT2D eigenvalue weighted by atomic mass is 10.3. The van der Waals surface area contributed by atoms with Crippen molar-refractivity contribution >= 4 is 5.78 Å². The summed E-state index contributed by atoms with van der Waals surface area (Å²) in [6, 6.07) is 0. The van der Waals surface area contributed by atoms with Gasteiger partial charge in [0.25, 0.3) is 0 Å². The largest absolute Gasteiger partial charge is 0.378 e. The molecule has 1 aliphatic rings. The lowest BCUT2D eigenvalue weighted by Crippen LogP contribution is -2.31. The van der Waals surface area contributed by atoms with Gasteiger partial charge in [0.2, 0.25) is 0 Å². The van der Waals surface area contributed by atoms with Crippen LogP contribution in [-0.2, 0) is 9.53 Å². The summed E-state index contributed by atoms with van der Waals surface area (Å²) >= 11 is 0. The Labute approximate surface area is 90.7 Å². The number of carbonyl (C=O) groups excluding carboxylic acids is 1. The molecule has 0 radical (unpaired) electrons. The van der Waals surface area contributed by atoms with Crippen molar-refractivity contribution in [3.8, 4) is 0 Å². The fourth-order valence-electron chi connectivity index (χ4n) is 1.22. The minimum absolute atomic E-state index is 0.0665. The highest BCUT2D eigenvalue weighted by atomic mass is 16.5. The molecule has 82 valence electrons. The average molecular weight is 207 g/mol. The van der Waals surface area contributed by atoms with Crippen LogP contribution >= 0.6 is 0 Å². The van der Waals surface area contributed by atoms with Gasteiger partial charge in [-0.15, -0.1) is 0 Å². The Morgan fingerprint density at radius 2 is 1.80 bits per heavy atom. The summed E-state index contributed by atoms with van der Waals surface area (Å²) < 4.78 is 5.23. The van der Waals surface area contributed by atoms with Crippen molar-refractivity contribution in [2.75, 3.05) is 26.3 Å². The number of rotatable bonds is 4. The Morgan fingerprint density at radius 3 is 2.47 bits per heavy atom. The van der Waals surface area contributed by atoms with Crippen LogP contribution in [0.4, 0.5) is 0 Å². The number of ether oxygens (including phenoxy) is 1. The van der Waals surface area contributed by atoms with E-state index in [0.717, 1.165) is 26.3 Å². The number of hydrogen-bond acceptors (Lipinski definition) is 3. The van der Waals surface area contributed by atoms with Gasteiger partial charge in [0.1, 0.15) is 0 Å². The highest BCUT2D eigenvalue weighted by Crippen LogP contribution is 1.97. The molecule has 0 spiro atoms. The third-order valence-electron chi connectivity index (χ3n) is 2.01. The summed E-state index contributed by atoms with van der Waals surface area (Å²) in [5, 5.41) is 0. The van der Waals surface area contributed by atoms with E-state index in [2.05, 4.69) is 4.90 Å². The van der Waals surface area contributed by atoms with Crippen LogP contribution in [-0.4, -0.2) is 37.0 Å². The second-order valence-electron chi connectivity index (χ2n) is 3.34. The molecule has 0 aliphatic carbocycles. The lowest BCUT2D eigenvalue weighted by molar-refractivity contribution is -0.112. The summed E-state index contributed by atoms with van der Waals surface area (Å²) in [7, 11) is 0. The molecule has 0 N–H and O–H groups in total. The lowest BCUT2D eigenvalue weighted by Gasteiger charge is -2.24. The van der Waals surface area contributed by atoms with Crippen molar-refractivity contribution in [3.05, 3.63) is 36.6 Å². The number of nitrogens with zero attached hydrogens (tertiary/aromatic N) is 1. The smallest absolute Gasteiger partial charge is 0.152 e. The summed E-state index contributed by atoms with van der Waals surface area (Å²) in [6.07, 6.45) is 11.1. The first kappa shape index (κ1) is 11.7. The predicted octanol–water partition coefficient (Wildman–Crippen LogP) is 1.53. The maximum atomic E-state index is 10.6. The van der Waals surface area contributed by atoms with Gasteiger partial charge in [-0.25, -0.2) is 0 Å². The van der Waals surface area contributed by atoms with E-state index in [4.69, 9.17) is 4.74 Å². The van der Waals surface area contributed by atoms with E-state index in [1.807, 2.05) is 24.4 Å². The van der Waals surface area contributed by atoms with Crippen molar-refractivity contribution in [1.82, 2.24) is 4.90 Å². The zero-order valence-electron chi connectivity index (χ0n) is 9.06. The van der Waals surface area contributed by atoms with Crippen molar-refractivity contribution in [2.45, 2.75) is 6.92 Å². The fraction of sp³-hybridized carbons (Fsp3) is 0.417. The van der Waals surface area contributed by atoms with E-state index in [-0.39, 0.29) is 5.78 Å². The van der Waals surface area contributed by atoms with Gasteiger partial charge in [0, 0.05) is 13.1 Å². The fourth-order valence-corrected chi connectivity index (χ4v) is 1.22. The molecule has 15 heavy (non-hydrogen) atoms. The maximum absolute atomic E-state index is 10.6. The van der Waals surface area contributed by atoms with Crippen molar-refractivity contribution in [2.24, 2.45) is 0 Å². The summed E-state index contributed by atoms with van der Waals surface area (Å²) in [6.45, 7) is 5.05. The van der Waals surface area contributed by atoms with E-state index in [0.29, 0.717) is 0 Å². The van der Waals surface area contributed by atoms with E-state index in [1.165, 1.54) is 6.92 Å². The first-order chi connectivity index (χ1) is 7.29. The molecule has 1 rings (SSSR count). The Balaban J connectivity index is 2.22. The van der Waals surface area contributed by atoms with Gasteiger partial charge in [0.05, 0.1) is 13.2 Å². The van der Waals surface area contributed by atoms with Crippen molar-refractivity contribution in [1.29, 1.82) is 0 Å². The normalized spacial score (nSPS) is 18.3. The highest BCUT2D eigenvalue weighted by Gasteiger charge is 2.03. The van der Waals surface area contributed by atoms with Gasteiger partial charge in [0.15, 0.2) is 5.78 Å². The molecule has 1 saturated heterocycles. The molecule has 3 heteroatoms. The molecule has 0 bridgehead atoms. The SMILES string of the molecule is CC(=O)/C=C/C=C/C=C/N1CCOCC1. The second kappa shape index (κ2) is 7.01. The molecule has 0 aromatic heterocycles. The average Bonchev–Trinajstić information content (AvgIpc) is 2.24. The zero-order valence-corrected chi connectivity index (χ0v) is 9.06. The van der Waals surface area contributed by atoms with Gasteiger partial charge in [-0.05, 0) is 25.3 Å². The third-order valence-corrected chi connectivity index (χ3v) is 2.01. The van der Waals surface area contributed by atoms with Crippen LogP contribution in [0.15, 0.2) is 36.6 Å². The van der Waals surface area contributed by atoms with E-state index >= 15 is 0 Å². The number of ketones is 1. The van der Waals surface area contributed by atoms with Gasteiger partial charge >= 0.3 is 0 Å². The Hall–Kier alpha value is -1.35. The second-order valence-corrected chi connectivity index (χ2v) is 3.34. The predicted molar refractivity (Wildman–Crippen MR) is 60.5 cm³/mol. The number of morpholine rings is 1. The van der Waals surface area contributed by atoms with Crippen LogP contribution in [0.25, 0.3) is 0 Å². The zero-order chi connectivity index (χ0) is 10.9. The Morgan fingerprint density at radius 1 is 1.13 bits per heavy atom. The quantitative estimate of drug-likeness (QED) is 0.517. The van der Waals surface area contributed by atoms with E-state index < -0.39 is 0 Å². The molecular formula is C12H17NO2. The minimum atomic E-state index is 0.0665. The molecule has 0 atom stereocenters. The summed E-state index contributed by atoms with van der Waals surface area (Å²) in [5.74, 6) is 0.0665. The summed E-state index contributed by atoms with van der Waals surface area (Å²) in [5.41, 5.74) is 0. The highest BCUT2D eigenvalue weighted by molar-refractivity contribution is 5.87. The van der Waals surface area contributed by atoms with Crippen LogP contribution < -0.4 is 0 Å². The topological polar surface area (TPSA) is 29.5 Å². The van der Waals surface area contributed by atoms with Gasteiger partial charge < -0.3 is 9.64 Å². The van der Waals surface area contributed by atoms with Gasteiger partial charge in [-0.1, -0.05) is 18.2 Å². The first-order valence-electron chi connectivity index (χ1n) is 5.13. The Kier molecular flexibility index (Phi) is 5.48. The van der Waals surface area contributed by atoms with Crippen LogP contribution in [0.5, 0.6) is 0 Å². The van der Waals surface area contributed by atoms with Crippen LogP contribution in [0, 0.1) is 0 Å². The number of allylic oxidation sites excluding steroid dienone is 5. The minimum Gasteiger partial charge on any atom is -0.378 e. The summed E-state index contributed by atoms with van der Waals surface area (Å²) in [4.78, 5) is 12.8.